The molecule has 3 atom stereocenters. The average molecular weight is 583 g/mol. The van der Waals surface area contributed by atoms with E-state index in [1.165, 1.54) is 6.26 Å². The van der Waals surface area contributed by atoms with Gasteiger partial charge in [-0.1, -0.05) is 59.1 Å². The fraction of sp³-hybridized carbons (Fsp3) is 0.222. The van der Waals surface area contributed by atoms with E-state index in [1.54, 1.807) is 60.7 Å². The van der Waals surface area contributed by atoms with Crippen molar-refractivity contribution in [3.63, 3.8) is 0 Å². The number of benzene rings is 3. The zero-order valence-electron chi connectivity index (χ0n) is 19.9. The Balaban J connectivity index is 1.72. The van der Waals surface area contributed by atoms with Crippen molar-refractivity contribution in [3.05, 3.63) is 98.0 Å². The molecule has 196 valence electrons. The Morgan fingerprint density at radius 3 is 2.19 bits per heavy atom. The number of amides is 1. The molecule has 1 amide bonds. The molecule has 0 saturated carbocycles. The lowest BCUT2D eigenvalue weighted by Gasteiger charge is -2.17. The number of aliphatic hydroxyl groups is 1. The van der Waals surface area contributed by atoms with Gasteiger partial charge in [-0.25, -0.2) is 4.79 Å². The number of carboxylic acid groups (broad SMARTS) is 1. The second-order valence-corrected chi connectivity index (χ2v) is 12.5. The van der Waals surface area contributed by atoms with Crippen LogP contribution >= 0.6 is 34.8 Å². The third kappa shape index (κ3) is 7.97. The molecular weight excluding hydrogens is 557 g/mol. The molecule has 0 spiro atoms. The summed E-state index contributed by atoms with van der Waals surface area (Å²) < 4.78 is 12.2. The standard InChI is InChI=1S/C27H26Cl3NO5S/c1-37(2,36)20-5-3-4-16(12-20)15-23(27(34)35)31-26(33)25-21(29)13-17(14-22(25)30)6-11-24(32)18-7-9-19(28)10-8-18/h3-5,7-10,12-14,23-24,32H,1,6,11,15H2,2H3,(H,31,33)(H,34,35)/t23-,24?,37?/m0/s1. The molecule has 3 rings (SSSR count). The van der Waals surface area contributed by atoms with Crippen LogP contribution in [0.2, 0.25) is 15.1 Å². The topological polar surface area (TPSA) is 104 Å². The number of aliphatic hydroxyl groups excluding tert-OH is 1. The van der Waals surface area contributed by atoms with E-state index in [-0.39, 0.29) is 22.0 Å². The monoisotopic (exact) mass is 581 g/mol. The van der Waals surface area contributed by atoms with E-state index in [4.69, 9.17) is 34.8 Å². The number of aliphatic carboxylic acids is 1. The van der Waals surface area contributed by atoms with Crippen molar-refractivity contribution in [2.45, 2.75) is 36.3 Å². The van der Waals surface area contributed by atoms with Crippen molar-refractivity contribution in [2.24, 2.45) is 0 Å². The predicted octanol–water partition coefficient (Wildman–Crippen LogP) is 5.44. The van der Waals surface area contributed by atoms with Gasteiger partial charge in [0.2, 0.25) is 0 Å². The minimum Gasteiger partial charge on any atom is -0.480 e. The Morgan fingerprint density at radius 2 is 1.62 bits per heavy atom. The lowest BCUT2D eigenvalue weighted by molar-refractivity contribution is -0.139. The number of carbonyl (C=O) groups excluding carboxylic acids is 1. The number of halogens is 3. The van der Waals surface area contributed by atoms with Crippen molar-refractivity contribution >= 4 is 62.1 Å². The van der Waals surface area contributed by atoms with Gasteiger partial charge in [0, 0.05) is 22.6 Å². The van der Waals surface area contributed by atoms with Gasteiger partial charge >= 0.3 is 5.97 Å². The van der Waals surface area contributed by atoms with Gasteiger partial charge in [-0.2, -0.15) is 0 Å². The van der Waals surface area contributed by atoms with Gasteiger partial charge in [-0.05, 0) is 81.3 Å². The van der Waals surface area contributed by atoms with Crippen LogP contribution in [0.25, 0.3) is 0 Å². The van der Waals surface area contributed by atoms with E-state index in [1.807, 2.05) is 0 Å². The van der Waals surface area contributed by atoms with E-state index in [2.05, 4.69) is 11.2 Å². The van der Waals surface area contributed by atoms with Crippen LogP contribution in [0.5, 0.6) is 0 Å². The van der Waals surface area contributed by atoms with Crippen molar-refractivity contribution in [2.75, 3.05) is 6.26 Å². The Morgan fingerprint density at radius 1 is 1.00 bits per heavy atom. The van der Waals surface area contributed by atoms with Crippen LogP contribution in [-0.4, -0.2) is 44.5 Å². The molecular formula is C27H26Cl3NO5S. The van der Waals surface area contributed by atoms with Crippen LogP contribution in [0, 0.1) is 0 Å². The molecule has 3 N–H and O–H groups in total. The third-order valence-electron chi connectivity index (χ3n) is 5.73. The average Bonchev–Trinajstić information content (AvgIpc) is 2.81. The first kappa shape index (κ1) is 29.0. The molecule has 0 aliphatic rings. The normalized spacial score (nSPS) is 14.4. The van der Waals surface area contributed by atoms with Gasteiger partial charge in [-0.3, -0.25) is 9.00 Å². The number of hydrogen-bond donors (Lipinski definition) is 3. The fourth-order valence-electron chi connectivity index (χ4n) is 3.75. The number of carboxylic acids is 1. The molecule has 0 aliphatic carbocycles. The molecule has 6 nitrogen and oxygen atoms in total. The predicted molar refractivity (Wildman–Crippen MR) is 150 cm³/mol. The second-order valence-electron chi connectivity index (χ2n) is 8.76. The highest BCUT2D eigenvalue weighted by Gasteiger charge is 2.25. The van der Waals surface area contributed by atoms with Crippen LogP contribution in [0.1, 0.15) is 39.6 Å². The van der Waals surface area contributed by atoms with E-state index in [9.17, 15) is 24.0 Å². The third-order valence-corrected chi connectivity index (χ3v) is 7.83. The highest BCUT2D eigenvalue weighted by atomic mass is 35.5. The Kier molecular flexibility index (Phi) is 9.67. The van der Waals surface area contributed by atoms with Crippen LogP contribution in [0.15, 0.2) is 65.6 Å². The summed E-state index contributed by atoms with van der Waals surface area (Å²) in [5.74, 6) is 1.67. The van der Waals surface area contributed by atoms with Crippen molar-refractivity contribution in [1.82, 2.24) is 5.32 Å². The van der Waals surface area contributed by atoms with E-state index < -0.39 is 33.5 Å². The van der Waals surface area contributed by atoms with E-state index in [0.29, 0.717) is 33.9 Å². The van der Waals surface area contributed by atoms with Crippen molar-refractivity contribution in [1.29, 1.82) is 0 Å². The van der Waals surface area contributed by atoms with Gasteiger partial charge in [0.25, 0.3) is 5.91 Å². The maximum Gasteiger partial charge on any atom is 0.326 e. The highest BCUT2D eigenvalue weighted by molar-refractivity contribution is 7.99. The summed E-state index contributed by atoms with van der Waals surface area (Å²) in [6.45, 7) is 0. The SMILES string of the molecule is C=S(C)(=O)c1cccc(C[C@H](NC(=O)c2c(Cl)cc(CCC(O)c3ccc(Cl)cc3)cc2Cl)C(=O)O)c1. The second kappa shape index (κ2) is 12.3. The van der Waals surface area contributed by atoms with Crippen LogP contribution < -0.4 is 5.32 Å². The first-order valence-corrected chi connectivity index (χ1v) is 14.5. The molecule has 0 aromatic heterocycles. The van der Waals surface area contributed by atoms with E-state index >= 15 is 0 Å². The summed E-state index contributed by atoms with van der Waals surface area (Å²) >= 11 is 18.6. The zero-order chi connectivity index (χ0) is 27.3. The summed E-state index contributed by atoms with van der Waals surface area (Å²) in [5, 5.41) is 23.3. The fourth-order valence-corrected chi connectivity index (χ4v) is 5.35. The molecule has 0 saturated heterocycles. The molecule has 37 heavy (non-hydrogen) atoms. The van der Waals surface area contributed by atoms with Gasteiger partial charge in [0.05, 0.1) is 21.7 Å². The Labute approximate surface area is 231 Å². The number of aryl methyl sites for hydroxylation is 1. The van der Waals surface area contributed by atoms with Gasteiger partial charge < -0.3 is 15.5 Å². The number of nitrogens with one attached hydrogen (secondary N) is 1. The molecule has 3 aromatic rings. The summed E-state index contributed by atoms with van der Waals surface area (Å²) in [6.07, 6.45) is 1.55. The summed E-state index contributed by atoms with van der Waals surface area (Å²) in [6, 6.07) is 15.4. The lowest BCUT2D eigenvalue weighted by atomic mass is 10.00. The van der Waals surface area contributed by atoms with E-state index in [0.717, 1.165) is 5.56 Å². The Hall–Kier alpha value is -2.55. The van der Waals surface area contributed by atoms with Gasteiger partial charge in [-0.15, -0.1) is 0 Å². The first-order chi connectivity index (χ1) is 17.3. The number of carbonyl (C=O) groups is 2. The first-order valence-electron chi connectivity index (χ1n) is 11.2. The molecule has 2 unspecified atom stereocenters. The molecule has 0 aliphatic heterocycles. The zero-order valence-corrected chi connectivity index (χ0v) is 23.0. The minimum atomic E-state index is -2.48. The maximum absolute atomic E-state index is 13.0. The lowest BCUT2D eigenvalue weighted by Crippen LogP contribution is -2.42. The summed E-state index contributed by atoms with van der Waals surface area (Å²) in [4.78, 5) is 25.3. The van der Waals surface area contributed by atoms with Crippen LogP contribution in [0.3, 0.4) is 0 Å². The summed E-state index contributed by atoms with van der Waals surface area (Å²) in [7, 11) is -2.48. The van der Waals surface area contributed by atoms with Crippen LogP contribution in [-0.2, 0) is 27.2 Å². The quantitative estimate of drug-likeness (QED) is 0.276. The smallest absolute Gasteiger partial charge is 0.326 e. The summed E-state index contributed by atoms with van der Waals surface area (Å²) in [5.41, 5.74) is 1.97. The molecule has 0 bridgehead atoms. The molecule has 0 fully saturated rings. The van der Waals surface area contributed by atoms with Crippen molar-refractivity contribution in [3.8, 4) is 0 Å². The largest absolute Gasteiger partial charge is 0.480 e. The van der Waals surface area contributed by atoms with Crippen molar-refractivity contribution < 1.29 is 24.0 Å². The molecule has 10 heteroatoms. The van der Waals surface area contributed by atoms with Crippen LogP contribution in [0.4, 0.5) is 0 Å². The molecule has 3 aromatic carbocycles. The van der Waals surface area contributed by atoms with Gasteiger partial charge in [0.15, 0.2) is 0 Å². The minimum absolute atomic E-state index is 0.0413. The van der Waals surface area contributed by atoms with Gasteiger partial charge in [0.1, 0.15) is 6.04 Å². The maximum atomic E-state index is 13.0. The number of hydrogen-bond acceptors (Lipinski definition) is 4. The molecule has 0 radical (unpaired) electrons. The highest BCUT2D eigenvalue weighted by Crippen LogP contribution is 2.29. The molecule has 0 heterocycles. The number of rotatable bonds is 10. The Bertz CT molecular complexity index is 1380.